The lowest BCUT2D eigenvalue weighted by molar-refractivity contribution is 0.631. The number of hydrogen-bond donors (Lipinski definition) is 2. The van der Waals surface area contributed by atoms with E-state index in [1.54, 1.807) is 12.3 Å². The number of aromatic nitrogens is 7. The van der Waals surface area contributed by atoms with Gasteiger partial charge in [0.15, 0.2) is 17.5 Å². The summed E-state index contributed by atoms with van der Waals surface area (Å²) in [4.78, 5) is 17.6. The number of imidazole rings is 1. The first-order valence-electron chi connectivity index (χ1n) is 10.8. The van der Waals surface area contributed by atoms with Gasteiger partial charge in [0.25, 0.3) is 0 Å². The summed E-state index contributed by atoms with van der Waals surface area (Å²) >= 11 is 6.46. The monoisotopic (exact) mass is 484 g/mol. The molecule has 0 saturated carbocycles. The molecule has 2 aromatic carbocycles. The molecule has 6 aromatic rings. The van der Waals surface area contributed by atoms with Crippen molar-refractivity contribution in [1.29, 1.82) is 0 Å². The van der Waals surface area contributed by atoms with Gasteiger partial charge in [0.05, 0.1) is 21.7 Å². The number of nitrogens with one attached hydrogen (secondary N) is 1. The summed E-state index contributed by atoms with van der Waals surface area (Å²) in [7, 11) is 0. The van der Waals surface area contributed by atoms with Crippen LogP contribution in [-0.2, 0) is 0 Å². The fraction of sp³-hybridized carbons (Fsp3) is 0.0800. The van der Waals surface area contributed by atoms with Crippen LogP contribution in [0.1, 0.15) is 11.4 Å². The molecule has 10 heteroatoms. The topological polar surface area (TPSA) is 111 Å². The molecule has 6 rings (SSSR count). The van der Waals surface area contributed by atoms with Gasteiger partial charge in [0.2, 0.25) is 0 Å². The van der Waals surface area contributed by atoms with Crippen LogP contribution >= 0.6 is 11.6 Å². The Kier molecular flexibility index (Phi) is 4.75. The summed E-state index contributed by atoms with van der Waals surface area (Å²) in [5.74, 6) is 0.501. The summed E-state index contributed by atoms with van der Waals surface area (Å²) in [6, 6.07) is 11.0. The van der Waals surface area contributed by atoms with Crippen LogP contribution in [-0.4, -0.2) is 34.7 Å². The molecule has 0 aliphatic heterocycles. The van der Waals surface area contributed by atoms with Crippen LogP contribution < -0.4 is 5.73 Å². The van der Waals surface area contributed by atoms with Crippen molar-refractivity contribution < 1.29 is 4.39 Å². The highest BCUT2D eigenvalue weighted by atomic mass is 35.5. The molecule has 4 heterocycles. The number of halogens is 2. The standard InChI is InChI=1S/C25H18ClFN8/c1-12-10-30-21-16(4-3-5-18(21)26)23(12)35-13(2)33-22-17(25-31-11-32-34-25)8-14(9-19(22)35)15-6-7-29-24(28)20(15)27/h3-11H,1-2H3,(H2,28,29)(H,31,32,34). The Hall–Kier alpha value is -4.37. The molecular weight excluding hydrogens is 467 g/mol. The maximum atomic E-state index is 15.0. The van der Waals surface area contributed by atoms with Crippen LogP contribution in [0.15, 0.2) is 55.1 Å². The molecular formula is C25H18ClFN8. The van der Waals surface area contributed by atoms with E-state index in [4.69, 9.17) is 22.3 Å². The van der Waals surface area contributed by atoms with Crippen LogP contribution in [0.5, 0.6) is 0 Å². The average Bonchev–Trinajstić information content (AvgIpc) is 3.48. The van der Waals surface area contributed by atoms with Gasteiger partial charge in [0, 0.05) is 28.9 Å². The third-order valence-corrected chi connectivity index (χ3v) is 6.36. The number of H-pyrrole nitrogens is 1. The molecule has 3 N–H and O–H groups in total. The third-order valence-electron chi connectivity index (χ3n) is 6.05. The fourth-order valence-corrected chi connectivity index (χ4v) is 4.72. The Balaban J connectivity index is 1.76. The first kappa shape index (κ1) is 21.2. The predicted octanol–water partition coefficient (Wildman–Crippen LogP) is 5.41. The van der Waals surface area contributed by atoms with Crippen LogP contribution in [0.25, 0.3) is 50.1 Å². The van der Waals surface area contributed by atoms with E-state index in [0.29, 0.717) is 38.6 Å². The van der Waals surface area contributed by atoms with Gasteiger partial charge >= 0.3 is 0 Å². The number of aryl methyl sites for hydroxylation is 2. The second-order valence-electron chi connectivity index (χ2n) is 8.20. The minimum Gasteiger partial charge on any atom is -0.381 e. The van der Waals surface area contributed by atoms with Crippen molar-refractivity contribution in [3.05, 3.63) is 77.3 Å². The average molecular weight is 485 g/mol. The molecule has 0 aliphatic rings. The molecule has 4 aromatic heterocycles. The Morgan fingerprint density at radius 1 is 1.03 bits per heavy atom. The van der Waals surface area contributed by atoms with Crippen LogP contribution in [0.3, 0.4) is 0 Å². The Labute approximate surface area is 203 Å². The van der Waals surface area contributed by atoms with E-state index in [9.17, 15) is 0 Å². The number of aromatic amines is 1. The van der Waals surface area contributed by atoms with Crippen molar-refractivity contribution in [2.75, 3.05) is 5.73 Å². The lowest BCUT2D eigenvalue weighted by Crippen LogP contribution is -2.02. The van der Waals surface area contributed by atoms with Crippen molar-refractivity contribution in [3.63, 3.8) is 0 Å². The number of nitrogens with two attached hydrogens (primary N) is 1. The minimum absolute atomic E-state index is 0.167. The van der Waals surface area contributed by atoms with Gasteiger partial charge in [0.1, 0.15) is 17.7 Å². The maximum Gasteiger partial charge on any atom is 0.173 e. The van der Waals surface area contributed by atoms with Gasteiger partial charge in [-0.05, 0) is 49.2 Å². The van der Waals surface area contributed by atoms with Crippen molar-refractivity contribution in [1.82, 2.24) is 34.7 Å². The Morgan fingerprint density at radius 2 is 1.89 bits per heavy atom. The number of anilines is 1. The lowest BCUT2D eigenvalue weighted by Gasteiger charge is -2.15. The SMILES string of the molecule is Cc1cnc2c(Cl)cccc2c1-n1c(C)nc2c(-c3ncn[nH]3)cc(-c3ccnc(N)c3F)cc21. The second kappa shape index (κ2) is 7.85. The van der Waals surface area contributed by atoms with E-state index in [1.807, 2.05) is 48.7 Å². The number of rotatable bonds is 3. The largest absolute Gasteiger partial charge is 0.381 e. The van der Waals surface area contributed by atoms with Crippen molar-refractivity contribution in [2.45, 2.75) is 13.8 Å². The lowest BCUT2D eigenvalue weighted by atomic mass is 10.0. The first-order valence-corrected chi connectivity index (χ1v) is 11.1. The number of hydrogen-bond acceptors (Lipinski definition) is 6. The van der Waals surface area contributed by atoms with E-state index in [2.05, 4.69) is 25.1 Å². The van der Waals surface area contributed by atoms with E-state index < -0.39 is 5.82 Å². The zero-order chi connectivity index (χ0) is 24.3. The number of nitrogens with zero attached hydrogens (tertiary/aromatic N) is 6. The molecule has 0 bridgehead atoms. The highest BCUT2D eigenvalue weighted by Crippen LogP contribution is 2.38. The van der Waals surface area contributed by atoms with E-state index in [1.165, 1.54) is 12.5 Å². The van der Waals surface area contributed by atoms with E-state index in [0.717, 1.165) is 28.0 Å². The maximum absolute atomic E-state index is 15.0. The smallest absolute Gasteiger partial charge is 0.173 e. The van der Waals surface area contributed by atoms with Crippen molar-refractivity contribution >= 4 is 39.4 Å². The zero-order valence-electron chi connectivity index (χ0n) is 18.7. The van der Waals surface area contributed by atoms with E-state index in [-0.39, 0.29) is 5.82 Å². The Bertz CT molecular complexity index is 1760. The molecule has 8 nitrogen and oxygen atoms in total. The van der Waals surface area contributed by atoms with Crippen LogP contribution in [0.2, 0.25) is 5.02 Å². The number of fused-ring (bicyclic) bond motifs is 2. The molecule has 0 amide bonds. The number of nitrogen functional groups attached to an aromatic ring is 1. The van der Waals surface area contributed by atoms with Gasteiger partial charge in [-0.25, -0.2) is 19.3 Å². The van der Waals surface area contributed by atoms with Crippen molar-refractivity contribution in [3.8, 4) is 28.2 Å². The third kappa shape index (κ3) is 3.23. The highest BCUT2D eigenvalue weighted by Gasteiger charge is 2.21. The number of benzene rings is 2. The van der Waals surface area contributed by atoms with Crippen LogP contribution in [0.4, 0.5) is 10.2 Å². The normalized spacial score (nSPS) is 11.5. The molecule has 0 radical (unpaired) electrons. The number of para-hydroxylation sites is 1. The minimum atomic E-state index is -0.588. The van der Waals surface area contributed by atoms with Gasteiger partial charge in [-0.1, -0.05) is 23.7 Å². The first-order chi connectivity index (χ1) is 16.9. The van der Waals surface area contributed by atoms with Crippen LogP contribution in [0, 0.1) is 19.7 Å². The molecule has 0 spiro atoms. The molecule has 172 valence electrons. The van der Waals surface area contributed by atoms with Gasteiger partial charge < -0.3 is 5.73 Å². The zero-order valence-corrected chi connectivity index (χ0v) is 19.5. The van der Waals surface area contributed by atoms with Gasteiger partial charge in [-0.3, -0.25) is 14.6 Å². The number of pyridine rings is 2. The molecule has 0 fully saturated rings. The fourth-order valence-electron chi connectivity index (χ4n) is 4.50. The second-order valence-corrected chi connectivity index (χ2v) is 8.61. The predicted molar refractivity (Wildman–Crippen MR) is 134 cm³/mol. The summed E-state index contributed by atoms with van der Waals surface area (Å²) in [5, 5.41) is 8.33. The molecule has 35 heavy (non-hydrogen) atoms. The summed E-state index contributed by atoms with van der Waals surface area (Å²) in [6.07, 6.45) is 4.70. The van der Waals surface area contributed by atoms with Gasteiger partial charge in [-0.2, -0.15) is 5.10 Å². The molecule has 0 atom stereocenters. The summed E-state index contributed by atoms with van der Waals surface area (Å²) in [6.45, 7) is 3.91. The summed E-state index contributed by atoms with van der Waals surface area (Å²) in [5.41, 5.74) is 11.4. The summed E-state index contributed by atoms with van der Waals surface area (Å²) < 4.78 is 17.1. The van der Waals surface area contributed by atoms with E-state index >= 15 is 4.39 Å². The highest BCUT2D eigenvalue weighted by molar-refractivity contribution is 6.35. The Morgan fingerprint density at radius 3 is 2.69 bits per heavy atom. The quantitative estimate of drug-likeness (QED) is 0.347. The van der Waals surface area contributed by atoms with Gasteiger partial charge in [-0.15, -0.1) is 0 Å². The molecule has 0 unspecified atom stereocenters. The molecule has 0 saturated heterocycles. The molecule has 0 aliphatic carbocycles. The van der Waals surface area contributed by atoms with Crippen molar-refractivity contribution in [2.24, 2.45) is 0 Å².